The van der Waals surface area contributed by atoms with Crippen molar-refractivity contribution in [1.29, 1.82) is 0 Å². The fourth-order valence-electron chi connectivity index (χ4n) is 4.45. The highest BCUT2D eigenvalue weighted by Crippen LogP contribution is 2.43. The van der Waals surface area contributed by atoms with Gasteiger partial charge in [-0.2, -0.15) is 0 Å². The Labute approximate surface area is 290 Å². The first kappa shape index (κ1) is 45.9. The summed E-state index contributed by atoms with van der Waals surface area (Å²) in [5.74, 6) is -0.962. The number of esters is 2. The second kappa shape index (κ2) is 33.4. The van der Waals surface area contributed by atoms with Gasteiger partial charge in [0.15, 0.2) is 6.10 Å². The molecular formula is C37H65O10P. The van der Waals surface area contributed by atoms with Crippen LogP contribution in [0.2, 0.25) is 0 Å². The maximum atomic E-state index is 12.5. The highest BCUT2D eigenvalue weighted by atomic mass is 31.2. The average molecular weight is 701 g/mol. The lowest BCUT2D eigenvalue weighted by molar-refractivity contribution is -0.161. The summed E-state index contributed by atoms with van der Waals surface area (Å²) in [5.41, 5.74) is 0. The molecule has 3 atom stereocenters. The van der Waals surface area contributed by atoms with Gasteiger partial charge in [-0.25, -0.2) is 4.57 Å². The number of allylic oxidation sites excluding steroid dienone is 8. The Morgan fingerprint density at radius 2 is 1.15 bits per heavy atom. The standard InChI is InChI=1S/C37H65O10P/c1-3-5-7-9-11-13-14-15-16-17-18-19-20-21-23-25-27-29-37(41)47-35(33-46-48(42,43)45-31-34(39)30-38)32-44-36(40)28-26-24-22-12-10-8-6-4-2/h5,7,11,13,15-16,18-19,34-35,38-39H,3-4,6,8-10,12,14,17,20-33H2,1-2H3,(H,42,43)/b7-5-,13-11-,16-15-,19-18-. The van der Waals surface area contributed by atoms with Crippen LogP contribution in [0.3, 0.4) is 0 Å². The molecule has 0 heterocycles. The quantitative estimate of drug-likeness (QED) is 0.0263. The minimum absolute atomic E-state index is 0.155. The number of unbranched alkanes of at least 4 members (excludes halogenated alkanes) is 11. The molecule has 10 nitrogen and oxygen atoms in total. The topological polar surface area (TPSA) is 149 Å². The molecule has 0 fully saturated rings. The lowest BCUT2D eigenvalue weighted by Crippen LogP contribution is -2.29. The Kier molecular flexibility index (Phi) is 32.0. The molecule has 0 aliphatic heterocycles. The van der Waals surface area contributed by atoms with E-state index in [4.69, 9.17) is 19.1 Å². The molecule has 0 amide bonds. The first-order valence-electron chi connectivity index (χ1n) is 18.1. The number of phosphoric ester groups is 1. The number of aliphatic hydroxyl groups excluding tert-OH is 2. The van der Waals surface area contributed by atoms with Crippen molar-refractivity contribution in [3.05, 3.63) is 48.6 Å². The summed E-state index contributed by atoms with van der Waals surface area (Å²) in [7, 11) is -4.61. The fourth-order valence-corrected chi connectivity index (χ4v) is 5.24. The summed E-state index contributed by atoms with van der Waals surface area (Å²) in [6.45, 7) is 2.17. The number of aliphatic hydroxyl groups is 2. The number of hydrogen-bond donors (Lipinski definition) is 3. The molecule has 0 aromatic carbocycles. The van der Waals surface area contributed by atoms with Crippen molar-refractivity contribution in [2.45, 2.75) is 148 Å². The van der Waals surface area contributed by atoms with Crippen LogP contribution in [0.25, 0.3) is 0 Å². The first-order valence-corrected chi connectivity index (χ1v) is 19.6. The summed E-state index contributed by atoms with van der Waals surface area (Å²) in [5, 5.41) is 18.2. The molecule has 0 bridgehead atoms. The van der Waals surface area contributed by atoms with Gasteiger partial charge in [-0.15, -0.1) is 0 Å². The van der Waals surface area contributed by atoms with Crippen LogP contribution in [0.4, 0.5) is 0 Å². The van der Waals surface area contributed by atoms with Crippen molar-refractivity contribution in [2.75, 3.05) is 26.4 Å². The smallest absolute Gasteiger partial charge is 0.462 e. The molecule has 0 aromatic rings. The molecule has 278 valence electrons. The Balaban J connectivity index is 4.42. The van der Waals surface area contributed by atoms with Crippen molar-refractivity contribution in [3.8, 4) is 0 Å². The molecule has 11 heteroatoms. The van der Waals surface area contributed by atoms with Crippen LogP contribution in [0.5, 0.6) is 0 Å². The third-order valence-corrected chi connectivity index (χ3v) is 8.20. The van der Waals surface area contributed by atoms with Crippen LogP contribution in [0, 0.1) is 0 Å². The molecule has 3 N–H and O–H groups in total. The van der Waals surface area contributed by atoms with E-state index in [0.29, 0.717) is 12.8 Å². The van der Waals surface area contributed by atoms with E-state index in [-0.39, 0.29) is 19.4 Å². The molecule has 0 aromatic heterocycles. The Hall–Kier alpha value is -2.07. The van der Waals surface area contributed by atoms with E-state index < -0.39 is 51.8 Å². The zero-order valence-electron chi connectivity index (χ0n) is 29.7. The van der Waals surface area contributed by atoms with Crippen molar-refractivity contribution in [1.82, 2.24) is 0 Å². The second-order valence-electron chi connectivity index (χ2n) is 11.9. The van der Waals surface area contributed by atoms with Gasteiger partial charge in [-0.05, 0) is 51.4 Å². The molecule has 3 unspecified atom stereocenters. The van der Waals surface area contributed by atoms with Gasteiger partial charge in [-0.1, -0.05) is 120 Å². The minimum atomic E-state index is -4.61. The van der Waals surface area contributed by atoms with E-state index >= 15 is 0 Å². The zero-order chi connectivity index (χ0) is 35.6. The maximum Gasteiger partial charge on any atom is 0.472 e. The van der Waals surface area contributed by atoms with Gasteiger partial charge in [0.25, 0.3) is 0 Å². The summed E-state index contributed by atoms with van der Waals surface area (Å²) < 4.78 is 32.4. The largest absolute Gasteiger partial charge is 0.472 e. The second-order valence-corrected chi connectivity index (χ2v) is 13.3. The monoisotopic (exact) mass is 700 g/mol. The summed E-state index contributed by atoms with van der Waals surface area (Å²) in [6, 6.07) is 0. The molecule has 0 spiro atoms. The maximum absolute atomic E-state index is 12.5. The lowest BCUT2D eigenvalue weighted by Gasteiger charge is -2.20. The molecule has 0 aliphatic carbocycles. The van der Waals surface area contributed by atoms with Gasteiger partial charge < -0.3 is 24.6 Å². The van der Waals surface area contributed by atoms with Crippen molar-refractivity contribution < 1.29 is 47.8 Å². The van der Waals surface area contributed by atoms with Crippen LogP contribution in [0.1, 0.15) is 136 Å². The third kappa shape index (κ3) is 32.5. The van der Waals surface area contributed by atoms with Gasteiger partial charge in [0.1, 0.15) is 12.7 Å². The molecule has 0 aliphatic rings. The number of hydrogen-bond acceptors (Lipinski definition) is 9. The Morgan fingerprint density at radius 1 is 0.646 bits per heavy atom. The predicted molar refractivity (Wildman–Crippen MR) is 191 cm³/mol. The SMILES string of the molecule is CC/C=C\C/C=C\C/C=C\C/C=C\CCCCCCC(=O)OC(COC(=O)CCCCCCCCCC)COP(=O)(O)OCC(O)CO. The van der Waals surface area contributed by atoms with E-state index in [1.54, 1.807) is 0 Å². The van der Waals surface area contributed by atoms with E-state index in [9.17, 15) is 24.2 Å². The van der Waals surface area contributed by atoms with Crippen LogP contribution >= 0.6 is 7.82 Å². The molecule has 0 rings (SSSR count). The number of carbonyl (C=O) groups is 2. The zero-order valence-corrected chi connectivity index (χ0v) is 30.6. The summed E-state index contributed by atoms with van der Waals surface area (Å²) in [6.07, 6.45) is 32.4. The van der Waals surface area contributed by atoms with Crippen LogP contribution in [0.15, 0.2) is 48.6 Å². The number of ether oxygens (including phenoxy) is 2. The van der Waals surface area contributed by atoms with Crippen molar-refractivity contribution in [2.24, 2.45) is 0 Å². The summed E-state index contributed by atoms with van der Waals surface area (Å²) in [4.78, 5) is 34.7. The van der Waals surface area contributed by atoms with Crippen LogP contribution < -0.4 is 0 Å². The highest BCUT2D eigenvalue weighted by Gasteiger charge is 2.27. The van der Waals surface area contributed by atoms with Crippen molar-refractivity contribution >= 4 is 19.8 Å². The van der Waals surface area contributed by atoms with E-state index in [1.165, 1.54) is 25.7 Å². The van der Waals surface area contributed by atoms with Gasteiger partial charge >= 0.3 is 19.8 Å². The highest BCUT2D eigenvalue weighted by molar-refractivity contribution is 7.47. The third-order valence-electron chi connectivity index (χ3n) is 7.25. The molecule has 48 heavy (non-hydrogen) atoms. The lowest BCUT2D eigenvalue weighted by atomic mass is 10.1. The average Bonchev–Trinajstić information content (AvgIpc) is 3.07. The van der Waals surface area contributed by atoms with Gasteiger partial charge in [-0.3, -0.25) is 18.6 Å². The van der Waals surface area contributed by atoms with E-state index in [2.05, 4.69) is 67.0 Å². The van der Waals surface area contributed by atoms with Crippen LogP contribution in [-0.4, -0.2) is 65.7 Å². The number of phosphoric acid groups is 1. The molecule has 0 saturated heterocycles. The van der Waals surface area contributed by atoms with E-state index in [0.717, 1.165) is 70.6 Å². The molecule has 0 saturated carbocycles. The van der Waals surface area contributed by atoms with Gasteiger partial charge in [0.05, 0.1) is 19.8 Å². The predicted octanol–water partition coefficient (Wildman–Crippen LogP) is 8.60. The van der Waals surface area contributed by atoms with Crippen LogP contribution in [-0.2, 0) is 32.7 Å². The summed E-state index contributed by atoms with van der Waals surface area (Å²) >= 11 is 0. The minimum Gasteiger partial charge on any atom is -0.462 e. The van der Waals surface area contributed by atoms with E-state index in [1.807, 2.05) is 0 Å². The molecular weight excluding hydrogens is 635 g/mol. The normalized spacial score (nSPS) is 14.7. The molecule has 0 radical (unpaired) electrons. The van der Waals surface area contributed by atoms with Crippen molar-refractivity contribution in [3.63, 3.8) is 0 Å². The first-order chi connectivity index (χ1) is 23.2. The van der Waals surface area contributed by atoms with Gasteiger partial charge in [0, 0.05) is 12.8 Å². The Morgan fingerprint density at radius 3 is 1.73 bits per heavy atom. The number of carbonyl (C=O) groups excluding carboxylic acids is 2. The fraction of sp³-hybridized carbons (Fsp3) is 0.730. The number of rotatable bonds is 33. The Bertz CT molecular complexity index is 946. The van der Waals surface area contributed by atoms with Gasteiger partial charge in [0.2, 0.25) is 0 Å².